The molecule has 1 aromatic carbocycles. The van der Waals surface area contributed by atoms with Gasteiger partial charge in [0.15, 0.2) is 5.82 Å². The van der Waals surface area contributed by atoms with Gasteiger partial charge in [-0.25, -0.2) is 4.39 Å². The zero-order chi connectivity index (χ0) is 17.3. The summed E-state index contributed by atoms with van der Waals surface area (Å²) in [4.78, 5) is 0. The molecule has 0 saturated carbocycles. The first-order chi connectivity index (χ1) is 11.4. The number of aromatic nitrogens is 3. The van der Waals surface area contributed by atoms with Gasteiger partial charge in [0, 0.05) is 38.2 Å². The van der Waals surface area contributed by atoms with Crippen molar-refractivity contribution in [2.45, 2.75) is 32.4 Å². The molecule has 0 amide bonds. The lowest BCUT2D eigenvalue weighted by Crippen LogP contribution is -2.46. The van der Waals surface area contributed by atoms with E-state index in [0.717, 1.165) is 11.4 Å². The molecule has 1 aliphatic heterocycles. The molecule has 1 N–H and O–H groups in total. The highest BCUT2D eigenvalue weighted by Crippen LogP contribution is 2.23. The maximum atomic E-state index is 13.1. The molecule has 7 nitrogen and oxygen atoms in total. The van der Waals surface area contributed by atoms with E-state index in [1.807, 2.05) is 4.57 Å². The summed E-state index contributed by atoms with van der Waals surface area (Å²) in [6.07, 6.45) is 1.30. The van der Waals surface area contributed by atoms with Crippen molar-refractivity contribution in [1.29, 1.82) is 0 Å². The zero-order valence-electron chi connectivity index (χ0n) is 13.6. The van der Waals surface area contributed by atoms with E-state index in [0.29, 0.717) is 31.8 Å². The Morgan fingerprint density at radius 2 is 2.04 bits per heavy atom. The van der Waals surface area contributed by atoms with Crippen molar-refractivity contribution in [3.05, 3.63) is 35.9 Å². The summed E-state index contributed by atoms with van der Waals surface area (Å²) >= 11 is 0. The minimum Gasteiger partial charge on any atom is -0.309 e. The molecule has 0 saturated heterocycles. The second-order valence-electron chi connectivity index (χ2n) is 5.83. The molecule has 130 valence electrons. The van der Waals surface area contributed by atoms with Gasteiger partial charge in [-0.3, -0.25) is 0 Å². The lowest BCUT2D eigenvalue weighted by Gasteiger charge is -2.27. The molecule has 0 bridgehead atoms. The smallest absolute Gasteiger partial charge is 0.279 e. The lowest BCUT2D eigenvalue weighted by molar-refractivity contribution is 0.402. The number of halogens is 1. The van der Waals surface area contributed by atoms with Gasteiger partial charge >= 0.3 is 0 Å². The molecule has 2 heterocycles. The quantitative estimate of drug-likeness (QED) is 0.875. The Morgan fingerprint density at radius 1 is 1.33 bits per heavy atom. The Labute approximate surface area is 140 Å². The van der Waals surface area contributed by atoms with Crippen LogP contribution in [0.3, 0.4) is 0 Å². The van der Waals surface area contributed by atoms with Crippen molar-refractivity contribution in [3.63, 3.8) is 0 Å². The van der Waals surface area contributed by atoms with Gasteiger partial charge in [0.1, 0.15) is 11.6 Å². The largest absolute Gasteiger partial charge is 0.309 e. The highest BCUT2D eigenvalue weighted by molar-refractivity contribution is 7.87. The molecule has 3 rings (SSSR count). The molecular formula is C15H20FN5O2S. The summed E-state index contributed by atoms with van der Waals surface area (Å²) < 4.78 is 43.4. The third-order valence-corrected chi connectivity index (χ3v) is 5.93. The van der Waals surface area contributed by atoms with Crippen LogP contribution >= 0.6 is 0 Å². The number of aryl methyl sites for hydroxylation is 1. The van der Waals surface area contributed by atoms with Crippen LogP contribution in [-0.4, -0.2) is 47.1 Å². The minimum absolute atomic E-state index is 0.230. The Hall–Kier alpha value is -1.84. The van der Waals surface area contributed by atoms with Crippen LogP contribution in [0.25, 0.3) is 11.4 Å². The highest BCUT2D eigenvalue weighted by Gasteiger charge is 2.28. The van der Waals surface area contributed by atoms with Crippen molar-refractivity contribution in [2.24, 2.45) is 0 Å². The molecule has 2 aromatic rings. The monoisotopic (exact) mass is 353 g/mol. The normalized spacial score (nSPS) is 17.9. The molecule has 0 spiro atoms. The number of hydrogen-bond acceptors (Lipinski definition) is 4. The Morgan fingerprint density at radius 3 is 2.71 bits per heavy atom. The Balaban J connectivity index is 1.83. The predicted octanol–water partition coefficient (Wildman–Crippen LogP) is 1.19. The summed E-state index contributed by atoms with van der Waals surface area (Å²) in [5.74, 6) is 1.12. The van der Waals surface area contributed by atoms with Gasteiger partial charge in [-0.15, -0.1) is 10.2 Å². The lowest BCUT2D eigenvalue weighted by atomic mass is 10.1. The number of benzene rings is 1. The Kier molecular flexibility index (Phi) is 4.66. The van der Waals surface area contributed by atoms with Crippen LogP contribution in [0.5, 0.6) is 0 Å². The second-order valence-corrected chi connectivity index (χ2v) is 7.64. The molecular weight excluding hydrogens is 333 g/mol. The standard InChI is InChI=1S/C15H20FN5O2S/c1-3-20(2)24(22,23)19-13-8-9-14-17-18-15(21(14)10-13)11-4-6-12(16)7-5-11/h4-7,13,19H,3,8-10H2,1-2H3. The summed E-state index contributed by atoms with van der Waals surface area (Å²) in [6, 6.07) is 5.80. The first kappa shape index (κ1) is 17.0. The van der Waals surface area contributed by atoms with E-state index in [1.165, 1.54) is 16.4 Å². The fourth-order valence-corrected chi connectivity index (χ4v) is 3.84. The van der Waals surface area contributed by atoms with Crippen LogP contribution < -0.4 is 4.72 Å². The van der Waals surface area contributed by atoms with Crippen molar-refractivity contribution < 1.29 is 12.8 Å². The van der Waals surface area contributed by atoms with Crippen LogP contribution in [0.15, 0.2) is 24.3 Å². The van der Waals surface area contributed by atoms with Gasteiger partial charge in [0.25, 0.3) is 10.2 Å². The maximum Gasteiger partial charge on any atom is 0.279 e. The molecule has 9 heteroatoms. The van der Waals surface area contributed by atoms with Gasteiger partial charge in [0.2, 0.25) is 0 Å². The van der Waals surface area contributed by atoms with E-state index < -0.39 is 10.2 Å². The van der Waals surface area contributed by atoms with Crippen LogP contribution in [0.1, 0.15) is 19.2 Å². The number of hydrogen-bond donors (Lipinski definition) is 1. The fourth-order valence-electron chi connectivity index (χ4n) is 2.71. The zero-order valence-corrected chi connectivity index (χ0v) is 14.4. The third kappa shape index (κ3) is 3.33. The molecule has 24 heavy (non-hydrogen) atoms. The highest BCUT2D eigenvalue weighted by atomic mass is 32.2. The number of fused-ring (bicyclic) bond motifs is 1. The van der Waals surface area contributed by atoms with E-state index >= 15 is 0 Å². The van der Waals surface area contributed by atoms with Crippen LogP contribution in [0.4, 0.5) is 4.39 Å². The summed E-state index contributed by atoms with van der Waals surface area (Å²) in [5, 5.41) is 8.35. The molecule has 1 atom stereocenters. The number of nitrogens with zero attached hydrogens (tertiary/aromatic N) is 4. The average Bonchev–Trinajstić information content (AvgIpc) is 2.97. The van der Waals surface area contributed by atoms with Crippen molar-refractivity contribution >= 4 is 10.2 Å². The summed E-state index contributed by atoms with van der Waals surface area (Å²) in [5.41, 5.74) is 0.754. The predicted molar refractivity (Wildman–Crippen MR) is 87.9 cm³/mol. The van der Waals surface area contributed by atoms with E-state index in [2.05, 4.69) is 14.9 Å². The number of rotatable bonds is 5. The van der Waals surface area contributed by atoms with Gasteiger partial charge in [-0.05, 0) is 30.7 Å². The van der Waals surface area contributed by atoms with Crippen LogP contribution in [0, 0.1) is 5.82 Å². The molecule has 0 fully saturated rings. The van der Waals surface area contributed by atoms with Gasteiger partial charge in [0.05, 0.1) is 0 Å². The molecule has 1 unspecified atom stereocenters. The maximum absolute atomic E-state index is 13.1. The molecule has 1 aliphatic rings. The molecule has 1 aromatic heterocycles. The van der Waals surface area contributed by atoms with Crippen molar-refractivity contribution in [3.8, 4) is 11.4 Å². The summed E-state index contributed by atoms with van der Waals surface area (Å²) in [6.45, 7) is 2.64. The van der Waals surface area contributed by atoms with E-state index in [-0.39, 0.29) is 11.9 Å². The van der Waals surface area contributed by atoms with E-state index in [9.17, 15) is 12.8 Å². The third-order valence-electron chi connectivity index (χ3n) is 4.22. The summed E-state index contributed by atoms with van der Waals surface area (Å²) in [7, 11) is -1.96. The first-order valence-electron chi connectivity index (χ1n) is 7.82. The average molecular weight is 353 g/mol. The van der Waals surface area contributed by atoms with Crippen molar-refractivity contribution in [2.75, 3.05) is 13.6 Å². The van der Waals surface area contributed by atoms with E-state index in [4.69, 9.17) is 0 Å². The van der Waals surface area contributed by atoms with Crippen molar-refractivity contribution in [1.82, 2.24) is 23.8 Å². The van der Waals surface area contributed by atoms with Crippen LogP contribution in [-0.2, 0) is 23.2 Å². The van der Waals surface area contributed by atoms with Gasteiger partial charge in [-0.2, -0.15) is 17.4 Å². The van der Waals surface area contributed by atoms with Gasteiger partial charge < -0.3 is 4.57 Å². The first-order valence-corrected chi connectivity index (χ1v) is 9.26. The molecule has 0 radical (unpaired) electrons. The topological polar surface area (TPSA) is 80.1 Å². The van der Waals surface area contributed by atoms with E-state index in [1.54, 1.807) is 26.1 Å². The SMILES string of the molecule is CCN(C)S(=O)(=O)NC1CCc2nnc(-c3ccc(F)cc3)n2C1. The molecule has 0 aliphatic carbocycles. The second kappa shape index (κ2) is 6.58. The number of nitrogens with one attached hydrogen (secondary N) is 1. The Bertz CT molecular complexity index is 819. The van der Waals surface area contributed by atoms with Crippen LogP contribution in [0.2, 0.25) is 0 Å². The van der Waals surface area contributed by atoms with Gasteiger partial charge in [-0.1, -0.05) is 6.92 Å². The fraction of sp³-hybridized carbons (Fsp3) is 0.467. The minimum atomic E-state index is -3.50.